The molecule has 13 heteroatoms. The molecule has 3 aromatic rings. The van der Waals surface area contributed by atoms with Crippen molar-refractivity contribution in [3.8, 4) is 0 Å². The van der Waals surface area contributed by atoms with Crippen LogP contribution in [0.15, 0.2) is 102 Å². The summed E-state index contributed by atoms with van der Waals surface area (Å²) in [7, 11) is 0. The Morgan fingerprint density at radius 2 is 1.46 bits per heavy atom. The van der Waals surface area contributed by atoms with E-state index in [1.54, 1.807) is 78.9 Å². The Kier molecular flexibility index (Phi) is 10.1. The molecule has 0 spiro atoms. The SMILES string of the molecule is CC1=C2C(O)C(=O)[C@]3(C)C(F)CC4OCC4(O)C3C(OC(=O)c3ccccc3)C(O)(CC1OC(=O)C(O)C(NC(=O)c1ccccc1)c1ccccc1)C2(C)C. The minimum absolute atomic E-state index is 0.0726. The highest BCUT2D eigenvalue weighted by Crippen LogP contribution is 2.63. The van der Waals surface area contributed by atoms with E-state index >= 15 is 4.39 Å². The van der Waals surface area contributed by atoms with Gasteiger partial charge in [0.05, 0.1) is 29.7 Å². The van der Waals surface area contributed by atoms with Gasteiger partial charge >= 0.3 is 11.9 Å². The maximum absolute atomic E-state index is 16.6. The number of alkyl halides is 1. The second kappa shape index (κ2) is 14.3. The third-order valence-electron chi connectivity index (χ3n) is 12.9. The van der Waals surface area contributed by atoms with Crippen LogP contribution in [0.25, 0.3) is 0 Å². The molecule has 5 N–H and O–H groups in total. The largest absolute Gasteiger partial charge is 0.456 e. The number of Topliss-reactive ketones (excluding diaryl/α,β-unsaturated/α-hetero) is 1. The van der Waals surface area contributed by atoms with Gasteiger partial charge in [0.25, 0.3) is 5.91 Å². The van der Waals surface area contributed by atoms with E-state index in [4.69, 9.17) is 14.2 Å². The van der Waals surface area contributed by atoms with E-state index < -0.39 is 101 Å². The molecule has 12 nitrogen and oxygen atoms in total. The number of aliphatic hydroxyl groups excluding tert-OH is 2. The highest BCUT2D eigenvalue weighted by Gasteiger charge is 2.76. The van der Waals surface area contributed by atoms with Crippen LogP contribution in [0, 0.1) is 16.7 Å². The summed E-state index contributed by atoms with van der Waals surface area (Å²) in [5, 5.41) is 51.8. The van der Waals surface area contributed by atoms with Crippen molar-refractivity contribution < 1.29 is 58.2 Å². The van der Waals surface area contributed by atoms with Crippen molar-refractivity contribution in [1.82, 2.24) is 5.32 Å². The first-order valence-electron chi connectivity index (χ1n) is 18.7. The molecule has 4 aliphatic rings. The Balaban J connectivity index is 1.31. The molecule has 2 saturated carbocycles. The van der Waals surface area contributed by atoms with E-state index in [2.05, 4.69) is 5.32 Å². The fourth-order valence-corrected chi connectivity index (χ4v) is 9.50. The number of ether oxygens (including phenoxy) is 3. The lowest BCUT2D eigenvalue weighted by atomic mass is 9.45. The molecule has 0 aromatic heterocycles. The molecular formula is C43H46FNO11. The van der Waals surface area contributed by atoms with Crippen LogP contribution in [0.5, 0.6) is 0 Å². The van der Waals surface area contributed by atoms with Crippen molar-refractivity contribution in [2.24, 2.45) is 16.7 Å². The number of benzene rings is 3. The van der Waals surface area contributed by atoms with E-state index in [-0.39, 0.29) is 35.3 Å². The summed E-state index contributed by atoms with van der Waals surface area (Å²) in [5.41, 5.74) is -7.38. The summed E-state index contributed by atoms with van der Waals surface area (Å²) in [6, 6.07) is 23.0. The number of fused-ring (bicyclic) bond motifs is 5. The standard InChI is InChI=1S/C43H46FNO11/c1-23-27(55-39(51)33(47)31(24-14-8-5-9-15-24)45-37(49)25-16-10-6-11-17-25)21-43(53)36(56-38(50)26-18-12-7-13-19-26)34-41(4,28(44)20-29-42(34,52)22-54-29)35(48)32(46)30(23)40(43,2)3/h5-19,27-29,31-34,36,46-47,52-53H,20-22H2,1-4H3,(H,45,49)/t27?,28?,29?,31?,32?,33?,34?,36?,41-,42?,43?/m1/s1. The molecule has 1 aliphatic heterocycles. The van der Waals surface area contributed by atoms with Crippen LogP contribution in [-0.4, -0.2) is 98.6 Å². The molecule has 1 amide bonds. The maximum atomic E-state index is 16.6. The minimum Gasteiger partial charge on any atom is -0.456 e. The Hall–Kier alpha value is -4.79. The number of esters is 2. The van der Waals surface area contributed by atoms with Gasteiger partial charge in [-0.05, 0) is 54.8 Å². The number of ketones is 1. The number of carbonyl (C=O) groups is 4. The summed E-state index contributed by atoms with van der Waals surface area (Å²) in [6.45, 7) is 5.44. The van der Waals surface area contributed by atoms with Crippen molar-refractivity contribution in [3.63, 3.8) is 0 Å². The number of hydrogen-bond acceptors (Lipinski definition) is 11. The third kappa shape index (κ3) is 6.08. The number of rotatable bonds is 8. The van der Waals surface area contributed by atoms with E-state index in [1.807, 2.05) is 0 Å². The minimum atomic E-state index is -2.36. The summed E-state index contributed by atoms with van der Waals surface area (Å²) in [5.74, 6) is -5.39. The van der Waals surface area contributed by atoms with Gasteiger partial charge in [-0.15, -0.1) is 0 Å². The second-order valence-electron chi connectivity index (χ2n) is 16.2. The van der Waals surface area contributed by atoms with Crippen molar-refractivity contribution in [1.29, 1.82) is 0 Å². The number of halogens is 1. The maximum Gasteiger partial charge on any atom is 0.338 e. The molecule has 1 saturated heterocycles. The van der Waals surface area contributed by atoms with Gasteiger partial charge < -0.3 is 40.0 Å². The number of carbonyl (C=O) groups excluding carboxylic acids is 4. The van der Waals surface area contributed by atoms with Gasteiger partial charge in [0.1, 0.15) is 35.7 Å². The van der Waals surface area contributed by atoms with Crippen LogP contribution in [0.1, 0.15) is 72.9 Å². The zero-order valence-corrected chi connectivity index (χ0v) is 31.4. The quantitative estimate of drug-likeness (QED) is 0.166. The summed E-state index contributed by atoms with van der Waals surface area (Å²) in [4.78, 5) is 55.9. The Morgan fingerprint density at radius 3 is 2.04 bits per heavy atom. The molecule has 10 unspecified atom stereocenters. The number of amides is 1. The van der Waals surface area contributed by atoms with E-state index in [9.17, 15) is 39.6 Å². The molecule has 56 heavy (non-hydrogen) atoms. The van der Waals surface area contributed by atoms with Crippen molar-refractivity contribution in [3.05, 3.63) is 119 Å². The molecular weight excluding hydrogens is 725 g/mol. The molecule has 1 heterocycles. The summed E-state index contributed by atoms with van der Waals surface area (Å²) >= 11 is 0. The fourth-order valence-electron chi connectivity index (χ4n) is 9.50. The van der Waals surface area contributed by atoms with Crippen LogP contribution >= 0.6 is 0 Å². The highest BCUT2D eigenvalue weighted by molar-refractivity contribution is 5.95. The third-order valence-corrected chi connectivity index (χ3v) is 12.9. The van der Waals surface area contributed by atoms with Crippen LogP contribution in [0.4, 0.5) is 4.39 Å². The smallest absolute Gasteiger partial charge is 0.338 e. The van der Waals surface area contributed by atoms with Gasteiger partial charge in [0, 0.05) is 29.7 Å². The lowest BCUT2D eigenvalue weighted by Gasteiger charge is -2.66. The molecule has 0 radical (unpaired) electrons. The predicted molar refractivity (Wildman–Crippen MR) is 197 cm³/mol. The molecule has 2 bridgehead atoms. The van der Waals surface area contributed by atoms with Crippen LogP contribution < -0.4 is 5.32 Å². The number of aliphatic hydroxyl groups is 4. The first-order chi connectivity index (χ1) is 26.5. The Labute approximate surface area is 323 Å². The summed E-state index contributed by atoms with van der Waals surface area (Å²) in [6.07, 6.45) is -11.4. The van der Waals surface area contributed by atoms with Crippen molar-refractivity contribution in [2.75, 3.05) is 6.61 Å². The van der Waals surface area contributed by atoms with E-state index in [1.165, 1.54) is 39.8 Å². The number of nitrogens with one attached hydrogen (secondary N) is 1. The highest BCUT2D eigenvalue weighted by atomic mass is 19.1. The molecule has 11 atom stereocenters. The first-order valence-corrected chi connectivity index (χ1v) is 18.7. The monoisotopic (exact) mass is 771 g/mol. The topological polar surface area (TPSA) is 189 Å². The van der Waals surface area contributed by atoms with Crippen LogP contribution in [0.3, 0.4) is 0 Å². The normalized spacial score (nSPS) is 34.3. The Bertz CT molecular complexity index is 2040. The van der Waals surface area contributed by atoms with Crippen molar-refractivity contribution in [2.45, 2.75) is 94.5 Å². The van der Waals surface area contributed by atoms with E-state index in [0.717, 1.165) is 0 Å². The van der Waals surface area contributed by atoms with Gasteiger partial charge in [-0.3, -0.25) is 9.59 Å². The van der Waals surface area contributed by atoms with Gasteiger partial charge in [0.2, 0.25) is 0 Å². The molecule has 7 rings (SSSR count). The zero-order valence-electron chi connectivity index (χ0n) is 31.4. The average Bonchev–Trinajstić information content (AvgIpc) is 3.19. The molecule has 3 aromatic carbocycles. The van der Waals surface area contributed by atoms with Gasteiger partial charge in [0.15, 0.2) is 11.9 Å². The molecule has 3 fully saturated rings. The first kappa shape index (κ1) is 39.4. The Morgan fingerprint density at radius 1 is 0.893 bits per heavy atom. The second-order valence-corrected chi connectivity index (χ2v) is 16.2. The lowest BCUT2D eigenvalue weighted by Crippen LogP contribution is -2.80. The van der Waals surface area contributed by atoms with E-state index in [0.29, 0.717) is 5.56 Å². The number of hydrogen-bond donors (Lipinski definition) is 5. The fraction of sp³-hybridized carbons (Fsp3) is 0.442. The van der Waals surface area contributed by atoms with Crippen LogP contribution in [-0.2, 0) is 23.8 Å². The van der Waals surface area contributed by atoms with Crippen molar-refractivity contribution >= 4 is 23.6 Å². The van der Waals surface area contributed by atoms with Gasteiger partial charge in [-0.2, -0.15) is 0 Å². The zero-order chi connectivity index (χ0) is 40.4. The van der Waals surface area contributed by atoms with Gasteiger partial charge in [-0.1, -0.05) is 80.6 Å². The van der Waals surface area contributed by atoms with Crippen LogP contribution in [0.2, 0.25) is 0 Å². The summed E-state index contributed by atoms with van der Waals surface area (Å²) < 4.78 is 34.3. The lowest BCUT2D eigenvalue weighted by molar-refractivity contribution is -0.338. The predicted octanol–water partition coefficient (Wildman–Crippen LogP) is 3.57. The van der Waals surface area contributed by atoms with Gasteiger partial charge in [-0.25, -0.2) is 14.0 Å². The molecule has 296 valence electrons. The average molecular weight is 772 g/mol. The molecule has 3 aliphatic carbocycles.